The molecule has 0 aromatic heterocycles. The molecule has 0 fully saturated rings. The van der Waals surface area contributed by atoms with Crippen LogP contribution in [0.2, 0.25) is 5.02 Å². The number of rotatable bonds is 8. The van der Waals surface area contributed by atoms with Gasteiger partial charge in [0.15, 0.2) is 6.10 Å². The predicted molar refractivity (Wildman–Crippen MR) is 95.8 cm³/mol. The fourth-order valence-corrected chi connectivity index (χ4v) is 2.29. The van der Waals surface area contributed by atoms with E-state index in [1.807, 2.05) is 26.0 Å². The van der Waals surface area contributed by atoms with Gasteiger partial charge in [0.1, 0.15) is 23.9 Å². The van der Waals surface area contributed by atoms with E-state index in [1.165, 1.54) is 24.3 Å². The maximum atomic E-state index is 12.9. The normalized spacial score (nSPS) is 11.7. The van der Waals surface area contributed by atoms with Gasteiger partial charge in [0, 0.05) is 5.02 Å². The Morgan fingerprint density at radius 1 is 1.20 bits per heavy atom. The van der Waals surface area contributed by atoms with Gasteiger partial charge in [0.05, 0.1) is 6.54 Å². The second-order valence-electron chi connectivity index (χ2n) is 5.52. The standard InChI is InChI=1S/C19H21ClFNO3/c1-3-18(25-15-8-5-14(21)6-9-15)19(23)22-10-11-24-16-7-4-13(2)17(20)12-16/h4-9,12,18H,3,10-11H2,1-2H3,(H,22,23)/t18-/m1/s1. The lowest BCUT2D eigenvalue weighted by Crippen LogP contribution is -2.39. The molecule has 0 spiro atoms. The van der Waals surface area contributed by atoms with E-state index in [0.29, 0.717) is 36.1 Å². The highest BCUT2D eigenvalue weighted by Gasteiger charge is 2.17. The van der Waals surface area contributed by atoms with Crippen LogP contribution in [0.25, 0.3) is 0 Å². The van der Waals surface area contributed by atoms with Crippen LogP contribution in [-0.4, -0.2) is 25.2 Å². The van der Waals surface area contributed by atoms with Crippen LogP contribution in [0.1, 0.15) is 18.9 Å². The number of ether oxygens (including phenoxy) is 2. The zero-order valence-electron chi connectivity index (χ0n) is 14.2. The summed E-state index contributed by atoms with van der Waals surface area (Å²) in [6, 6.07) is 11.0. The molecule has 4 nitrogen and oxygen atoms in total. The first kappa shape index (κ1) is 19.1. The molecule has 0 heterocycles. The SMILES string of the molecule is CC[C@@H](Oc1ccc(F)cc1)C(=O)NCCOc1ccc(C)c(Cl)c1. The topological polar surface area (TPSA) is 47.6 Å². The smallest absolute Gasteiger partial charge is 0.261 e. The summed E-state index contributed by atoms with van der Waals surface area (Å²) in [6.45, 7) is 4.42. The van der Waals surface area contributed by atoms with Crippen molar-refractivity contribution < 1.29 is 18.7 Å². The quantitative estimate of drug-likeness (QED) is 0.715. The van der Waals surface area contributed by atoms with Crippen molar-refractivity contribution in [3.05, 3.63) is 58.9 Å². The second-order valence-corrected chi connectivity index (χ2v) is 5.93. The van der Waals surface area contributed by atoms with Crippen LogP contribution in [0.3, 0.4) is 0 Å². The molecule has 0 aliphatic carbocycles. The molecule has 0 unspecified atom stereocenters. The van der Waals surface area contributed by atoms with E-state index in [-0.39, 0.29) is 11.7 Å². The fourth-order valence-electron chi connectivity index (χ4n) is 2.12. The molecule has 1 N–H and O–H groups in total. The van der Waals surface area contributed by atoms with Gasteiger partial charge in [-0.05, 0) is 55.3 Å². The average Bonchev–Trinajstić information content (AvgIpc) is 2.61. The van der Waals surface area contributed by atoms with Crippen LogP contribution < -0.4 is 14.8 Å². The van der Waals surface area contributed by atoms with E-state index in [9.17, 15) is 9.18 Å². The summed E-state index contributed by atoms with van der Waals surface area (Å²) in [5.74, 6) is 0.518. The molecule has 0 bridgehead atoms. The maximum Gasteiger partial charge on any atom is 0.261 e. The van der Waals surface area contributed by atoms with Gasteiger partial charge < -0.3 is 14.8 Å². The number of carbonyl (C=O) groups excluding carboxylic acids is 1. The van der Waals surface area contributed by atoms with E-state index < -0.39 is 6.10 Å². The number of carbonyl (C=O) groups is 1. The molecule has 6 heteroatoms. The zero-order chi connectivity index (χ0) is 18.2. The van der Waals surface area contributed by atoms with E-state index in [2.05, 4.69) is 5.32 Å². The van der Waals surface area contributed by atoms with Gasteiger partial charge in [-0.3, -0.25) is 4.79 Å². The minimum atomic E-state index is -0.640. The van der Waals surface area contributed by atoms with Crippen LogP contribution in [0.4, 0.5) is 4.39 Å². The third-order valence-electron chi connectivity index (χ3n) is 3.57. The maximum absolute atomic E-state index is 12.9. The van der Waals surface area contributed by atoms with Crippen molar-refractivity contribution >= 4 is 17.5 Å². The number of halogens is 2. The van der Waals surface area contributed by atoms with Crippen LogP contribution in [0, 0.1) is 12.7 Å². The highest BCUT2D eigenvalue weighted by molar-refractivity contribution is 6.31. The summed E-state index contributed by atoms with van der Waals surface area (Å²) < 4.78 is 24.0. The Labute approximate surface area is 151 Å². The number of hydrogen-bond acceptors (Lipinski definition) is 3. The lowest BCUT2D eigenvalue weighted by atomic mass is 10.2. The molecule has 0 aliphatic heterocycles. The first-order chi connectivity index (χ1) is 12.0. The minimum absolute atomic E-state index is 0.239. The number of hydrogen-bond donors (Lipinski definition) is 1. The molecule has 1 amide bonds. The summed E-state index contributed by atoms with van der Waals surface area (Å²) in [5, 5.41) is 3.40. The van der Waals surface area contributed by atoms with Gasteiger partial charge in [-0.1, -0.05) is 24.6 Å². The summed E-state index contributed by atoms with van der Waals surface area (Å²) in [5.41, 5.74) is 0.978. The van der Waals surface area contributed by atoms with Crippen molar-refractivity contribution in [2.24, 2.45) is 0 Å². The van der Waals surface area contributed by atoms with Crippen LogP contribution in [0.15, 0.2) is 42.5 Å². The Morgan fingerprint density at radius 3 is 2.52 bits per heavy atom. The largest absolute Gasteiger partial charge is 0.492 e. The summed E-state index contributed by atoms with van der Waals surface area (Å²) in [4.78, 5) is 12.2. The van der Waals surface area contributed by atoms with Crippen molar-refractivity contribution in [3.8, 4) is 11.5 Å². The van der Waals surface area contributed by atoms with Crippen molar-refractivity contribution in [3.63, 3.8) is 0 Å². The molecule has 134 valence electrons. The third-order valence-corrected chi connectivity index (χ3v) is 3.98. The van der Waals surface area contributed by atoms with Gasteiger partial charge >= 0.3 is 0 Å². The third kappa shape index (κ3) is 5.94. The molecule has 0 saturated carbocycles. The highest BCUT2D eigenvalue weighted by Crippen LogP contribution is 2.21. The molecule has 25 heavy (non-hydrogen) atoms. The molecular formula is C19H21ClFNO3. The van der Waals surface area contributed by atoms with E-state index in [0.717, 1.165) is 5.56 Å². The molecule has 0 aliphatic rings. The minimum Gasteiger partial charge on any atom is -0.492 e. The molecule has 0 saturated heterocycles. The Hall–Kier alpha value is -2.27. The summed E-state index contributed by atoms with van der Waals surface area (Å²) in [7, 11) is 0. The molecular weight excluding hydrogens is 345 g/mol. The molecule has 2 aromatic carbocycles. The zero-order valence-corrected chi connectivity index (χ0v) is 15.0. The second kappa shape index (κ2) is 9.28. The Kier molecular flexibility index (Phi) is 7.07. The Morgan fingerprint density at radius 2 is 1.88 bits per heavy atom. The van der Waals surface area contributed by atoms with Crippen molar-refractivity contribution in [2.45, 2.75) is 26.4 Å². The van der Waals surface area contributed by atoms with Gasteiger partial charge in [-0.25, -0.2) is 4.39 Å². The van der Waals surface area contributed by atoms with Crippen LogP contribution in [0.5, 0.6) is 11.5 Å². The van der Waals surface area contributed by atoms with Crippen molar-refractivity contribution in [2.75, 3.05) is 13.2 Å². The Balaban J connectivity index is 1.77. The highest BCUT2D eigenvalue weighted by atomic mass is 35.5. The lowest BCUT2D eigenvalue weighted by molar-refractivity contribution is -0.128. The molecule has 0 radical (unpaired) electrons. The lowest BCUT2D eigenvalue weighted by Gasteiger charge is -2.17. The van der Waals surface area contributed by atoms with Crippen molar-refractivity contribution in [1.82, 2.24) is 5.32 Å². The summed E-state index contributed by atoms with van der Waals surface area (Å²) in [6.07, 6.45) is -0.142. The Bertz CT molecular complexity index is 706. The molecule has 2 aromatic rings. The monoisotopic (exact) mass is 365 g/mol. The van der Waals surface area contributed by atoms with E-state index >= 15 is 0 Å². The summed E-state index contributed by atoms with van der Waals surface area (Å²) >= 11 is 6.03. The van der Waals surface area contributed by atoms with Gasteiger partial charge in [-0.15, -0.1) is 0 Å². The van der Waals surface area contributed by atoms with Crippen LogP contribution in [-0.2, 0) is 4.79 Å². The number of amides is 1. The fraction of sp³-hybridized carbons (Fsp3) is 0.316. The number of aryl methyl sites for hydroxylation is 1. The van der Waals surface area contributed by atoms with Gasteiger partial charge in [0.25, 0.3) is 5.91 Å². The van der Waals surface area contributed by atoms with Gasteiger partial charge in [-0.2, -0.15) is 0 Å². The van der Waals surface area contributed by atoms with E-state index in [1.54, 1.807) is 6.07 Å². The van der Waals surface area contributed by atoms with Crippen LogP contribution >= 0.6 is 11.6 Å². The van der Waals surface area contributed by atoms with Gasteiger partial charge in [0.2, 0.25) is 0 Å². The average molecular weight is 366 g/mol. The molecule has 1 atom stereocenters. The van der Waals surface area contributed by atoms with E-state index in [4.69, 9.17) is 21.1 Å². The van der Waals surface area contributed by atoms with Crippen molar-refractivity contribution in [1.29, 1.82) is 0 Å². The first-order valence-corrected chi connectivity index (χ1v) is 8.46. The first-order valence-electron chi connectivity index (χ1n) is 8.08. The molecule has 2 rings (SSSR count). The number of benzene rings is 2. The number of nitrogens with one attached hydrogen (secondary N) is 1. The predicted octanol–water partition coefficient (Wildman–Crippen LogP) is 4.14.